The summed E-state index contributed by atoms with van der Waals surface area (Å²) in [6.45, 7) is 4.75. The lowest BCUT2D eigenvalue weighted by molar-refractivity contribution is -0.140. The molecule has 2 saturated heterocycles. The number of amides is 1. The van der Waals surface area contributed by atoms with Crippen LogP contribution in [0.4, 0.5) is 0 Å². The van der Waals surface area contributed by atoms with Gasteiger partial charge in [0.1, 0.15) is 11.5 Å². The second kappa shape index (κ2) is 9.32. The second-order valence-electron chi connectivity index (χ2n) is 7.72. The van der Waals surface area contributed by atoms with Crippen LogP contribution >= 0.6 is 0 Å². The predicted molar refractivity (Wildman–Crippen MR) is 118 cm³/mol. The third-order valence-corrected chi connectivity index (χ3v) is 5.89. The zero-order valence-electron chi connectivity index (χ0n) is 17.6. The van der Waals surface area contributed by atoms with Crippen molar-refractivity contribution in [3.8, 4) is 5.75 Å². The number of ether oxygens (including phenoxy) is 1. The molecule has 1 amide bonds. The van der Waals surface area contributed by atoms with Crippen LogP contribution in [0.5, 0.6) is 5.75 Å². The van der Waals surface area contributed by atoms with E-state index in [-0.39, 0.29) is 11.3 Å². The minimum Gasteiger partial charge on any atom is -0.507 e. The molecule has 0 saturated carbocycles. The number of rotatable bonds is 6. The number of carbonyl (C=O) groups excluding carboxylic acids is 2. The molecule has 2 heterocycles. The zero-order valence-corrected chi connectivity index (χ0v) is 17.6. The Morgan fingerprint density at radius 1 is 1.03 bits per heavy atom. The van der Waals surface area contributed by atoms with Gasteiger partial charge in [0, 0.05) is 44.8 Å². The molecule has 1 atom stereocenters. The Kier molecular flexibility index (Phi) is 6.34. The second-order valence-corrected chi connectivity index (χ2v) is 7.72. The molecule has 4 rings (SSSR count). The number of hydrogen-bond acceptors (Lipinski definition) is 6. The molecule has 0 bridgehead atoms. The van der Waals surface area contributed by atoms with Gasteiger partial charge in [-0.3, -0.25) is 14.5 Å². The molecular weight excluding hydrogens is 394 g/mol. The highest BCUT2D eigenvalue weighted by Gasteiger charge is 2.45. The number of Topliss-reactive ketones (excluding diaryl/α,β-unsaturated/α-hetero) is 1. The minimum atomic E-state index is -0.650. The number of carbonyl (C=O) groups is 2. The van der Waals surface area contributed by atoms with Gasteiger partial charge in [-0.15, -0.1) is 0 Å². The third kappa shape index (κ3) is 4.33. The molecule has 2 aromatic rings. The van der Waals surface area contributed by atoms with E-state index in [1.54, 1.807) is 36.3 Å². The first kappa shape index (κ1) is 21.1. The molecule has 2 aliphatic rings. The Morgan fingerprint density at radius 3 is 2.35 bits per heavy atom. The van der Waals surface area contributed by atoms with Crippen LogP contribution < -0.4 is 10.1 Å². The molecule has 0 aliphatic carbocycles. The number of hydrogen-bond donors (Lipinski definition) is 2. The number of nitrogens with one attached hydrogen (secondary N) is 1. The molecule has 2 fully saturated rings. The summed E-state index contributed by atoms with van der Waals surface area (Å²) in [5.41, 5.74) is 1.40. The molecule has 31 heavy (non-hydrogen) atoms. The Morgan fingerprint density at radius 2 is 1.71 bits per heavy atom. The molecular formula is C24H27N3O4. The summed E-state index contributed by atoms with van der Waals surface area (Å²) in [7, 11) is 1.56. The topological polar surface area (TPSA) is 82.1 Å². The molecule has 2 N–H and O–H groups in total. The molecule has 162 valence electrons. The standard InChI is InChI=1S/C24H27N3O4/c1-31-19-9-7-18(8-10-19)22(28)20-21(17-5-3-2-4-6-17)27(24(30)23(20)29)16-15-26-13-11-25-12-14-26/h2-10,21,25,28H,11-16H2,1H3/b22-20+. The third-order valence-electron chi connectivity index (χ3n) is 5.89. The van der Waals surface area contributed by atoms with E-state index in [1.807, 2.05) is 30.3 Å². The number of piperazine rings is 1. The van der Waals surface area contributed by atoms with Gasteiger partial charge < -0.3 is 20.1 Å². The van der Waals surface area contributed by atoms with Crippen LogP contribution in [0.1, 0.15) is 17.2 Å². The number of ketones is 1. The Balaban J connectivity index is 1.70. The number of likely N-dealkylation sites (tertiary alicyclic amines) is 1. The maximum Gasteiger partial charge on any atom is 0.295 e. The van der Waals surface area contributed by atoms with Crippen LogP contribution in [0.3, 0.4) is 0 Å². The van der Waals surface area contributed by atoms with Crippen molar-refractivity contribution in [2.75, 3.05) is 46.4 Å². The Bertz CT molecular complexity index is 966. The lowest BCUT2D eigenvalue weighted by Crippen LogP contribution is -2.46. The number of aliphatic hydroxyl groups is 1. The van der Waals surface area contributed by atoms with E-state index in [0.29, 0.717) is 24.4 Å². The molecule has 7 nitrogen and oxygen atoms in total. The van der Waals surface area contributed by atoms with E-state index < -0.39 is 17.7 Å². The summed E-state index contributed by atoms with van der Waals surface area (Å²) in [4.78, 5) is 29.9. The number of methoxy groups -OCH3 is 1. The average Bonchev–Trinajstić information content (AvgIpc) is 3.08. The Hall–Kier alpha value is -3.16. The maximum absolute atomic E-state index is 13.0. The first-order chi connectivity index (χ1) is 15.1. The summed E-state index contributed by atoms with van der Waals surface area (Å²) < 4.78 is 5.17. The minimum absolute atomic E-state index is 0.127. The van der Waals surface area contributed by atoms with Gasteiger partial charge >= 0.3 is 0 Å². The lowest BCUT2D eigenvalue weighted by atomic mass is 9.95. The van der Waals surface area contributed by atoms with Gasteiger partial charge in [0.25, 0.3) is 11.7 Å². The SMILES string of the molecule is COc1ccc(/C(O)=C2\C(=O)C(=O)N(CCN3CCNCC3)C2c2ccccc2)cc1. The summed E-state index contributed by atoms with van der Waals surface area (Å²) in [5, 5.41) is 14.4. The normalized spacial score (nSPS) is 21.5. The summed E-state index contributed by atoms with van der Waals surface area (Å²) >= 11 is 0. The molecule has 0 aromatic heterocycles. The van der Waals surface area contributed by atoms with Crippen molar-refractivity contribution in [3.05, 3.63) is 71.3 Å². The van der Waals surface area contributed by atoms with E-state index in [2.05, 4.69) is 10.2 Å². The van der Waals surface area contributed by atoms with E-state index in [9.17, 15) is 14.7 Å². The average molecular weight is 421 g/mol. The van der Waals surface area contributed by atoms with E-state index in [4.69, 9.17) is 4.74 Å². The fraction of sp³-hybridized carbons (Fsp3) is 0.333. The molecule has 1 unspecified atom stereocenters. The lowest BCUT2D eigenvalue weighted by Gasteiger charge is -2.31. The van der Waals surface area contributed by atoms with Crippen LogP contribution in [-0.4, -0.2) is 73.0 Å². The fourth-order valence-electron chi connectivity index (χ4n) is 4.18. The molecule has 2 aliphatic heterocycles. The molecule has 0 radical (unpaired) electrons. The van der Waals surface area contributed by atoms with Crippen molar-refractivity contribution in [1.82, 2.24) is 15.1 Å². The van der Waals surface area contributed by atoms with E-state index >= 15 is 0 Å². The first-order valence-electron chi connectivity index (χ1n) is 10.5. The van der Waals surface area contributed by atoms with Gasteiger partial charge in [-0.05, 0) is 29.8 Å². The van der Waals surface area contributed by atoms with Gasteiger partial charge in [-0.2, -0.15) is 0 Å². The van der Waals surface area contributed by atoms with Gasteiger partial charge in [-0.25, -0.2) is 0 Å². The highest BCUT2D eigenvalue weighted by atomic mass is 16.5. The van der Waals surface area contributed by atoms with Crippen LogP contribution in [0, 0.1) is 0 Å². The number of benzene rings is 2. The highest BCUT2D eigenvalue weighted by Crippen LogP contribution is 2.39. The van der Waals surface area contributed by atoms with E-state index in [0.717, 1.165) is 31.7 Å². The maximum atomic E-state index is 13.0. The highest BCUT2D eigenvalue weighted by molar-refractivity contribution is 6.46. The Labute approximate surface area is 181 Å². The number of nitrogens with zero attached hydrogens (tertiary/aromatic N) is 2. The van der Waals surface area contributed by atoms with Gasteiger partial charge in [0.05, 0.1) is 18.7 Å². The van der Waals surface area contributed by atoms with Crippen molar-refractivity contribution >= 4 is 17.4 Å². The largest absolute Gasteiger partial charge is 0.507 e. The van der Waals surface area contributed by atoms with Crippen molar-refractivity contribution in [1.29, 1.82) is 0 Å². The molecule has 0 spiro atoms. The van der Waals surface area contributed by atoms with Crippen molar-refractivity contribution in [2.45, 2.75) is 6.04 Å². The van der Waals surface area contributed by atoms with Gasteiger partial charge in [0.15, 0.2) is 0 Å². The summed E-state index contributed by atoms with van der Waals surface area (Å²) in [6, 6.07) is 15.6. The van der Waals surface area contributed by atoms with Crippen LogP contribution in [-0.2, 0) is 9.59 Å². The molecule has 7 heteroatoms. The monoisotopic (exact) mass is 421 g/mol. The number of aliphatic hydroxyl groups excluding tert-OH is 1. The van der Waals surface area contributed by atoms with Crippen molar-refractivity contribution in [2.24, 2.45) is 0 Å². The van der Waals surface area contributed by atoms with Crippen molar-refractivity contribution in [3.63, 3.8) is 0 Å². The summed E-state index contributed by atoms with van der Waals surface area (Å²) in [6.07, 6.45) is 0. The molecule has 2 aromatic carbocycles. The van der Waals surface area contributed by atoms with E-state index in [1.165, 1.54) is 0 Å². The van der Waals surface area contributed by atoms with Crippen LogP contribution in [0.15, 0.2) is 60.2 Å². The summed E-state index contributed by atoms with van der Waals surface area (Å²) in [5.74, 6) is -0.742. The fourth-order valence-corrected chi connectivity index (χ4v) is 4.18. The van der Waals surface area contributed by atoms with Crippen LogP contribution in [0.2, 0.25) is 0 Å². The smallest absolute Gasteiger partial charge is 0.295 e. The van der Waals surface area contributed by atoms with Gasteiger partial charge in [-0.1, -0.05) is 30.3 Å². The van der Waals surface area contributed by atoms with Crippen molar-refractivity contribution < 1.29 is 19.4 Å². The predicted octanol–water partition coefficient (Wildman–Crippen LogP) is 2.02. The zero-order chi connectivity index (χ0) is 21.8. The quantitative estimate of drug-likeness (QED) is 0.422. The first-order valence-corrected chi connectivity index (χ1v) is 10.5. The van der Waals surface area contributed by atoms with Gasteiger partial charge in [0.2, 0.25) is 0 Å². The van der Waals surface area contributed by atoms with Crippen LogP contribution in [0.25, 0.3) is 5.76 Å².